The van der Waals surface area contributed by atoms with Crippen molar-refractivity contribution in [3.05, 3.63) is 17.7 Å². The molecular formula is C15H21N3O4. The van der Waals surface area contributed by atoms with Crippen LogP contribution in [0.15, 0.2) is 12.1 Å². The molecule has 0 aromatic heterocycles. The van der Waals surface area contributed by atoms with Gasteiger partial charge in [-0.25, -0.2) is 4.79 Å². The van der Waals surface area contributed by atoms with E-state index in [4.69, 9.17) is 9.47 Å². The molecule has 0 spiro atoms. The predicted octanol–water partition coefficient (Wildman–Crippen LogP) is 1.36. The van der Waals surface area contributed by atoms with Crippen molar-refractivity contribution in [1.82, 2.24) is 10.2 Å². The zero-order valence-electron chi connectivity index (χ0n) is 13.2. The lowest BCUT2D eigenvalue weighted by atomic mass is 10.1. The summed E-state index contributed by atoms with van der Waals surface area (Å²) in [5.41, 5.74) is 1.68. The molecular weight excluding hydrogens is 286 g/mol. The van der Waals surface area contributed by atoms with E-state index in [1.54, 1.807) is 27.2 Å². The van der Waals surface area contributed by atoms with Crippen molar-refractivity contribution in [3.63, 3.8) is 0 Å². The zero-order chi connectivity index (χ0) is 16.3. The lowest BCUT2D eigenvalue weighted by Gasteiger charge is -2.21. The SMILES string of the molecule is COc1cc(C)c(N[C@H](C)C(=O)N2CCNC2=O)cc1OC. The molecule has 120 valence electrons. The summed E-state index contributed by atoms with van der Waals surface area (Å²) in [5, 5.41) is 5.74. The molecule has 1 aliphatic rings. The van der Waals surface area contributed by atoms with Crippen LogP contribution in [0, 0.1) is 6.92 Å². The predicted molar refractivity (Wildman–Crippen MR) is 82.5 cm³/mol. The highest BCUT2D eigenvalue weighted by atomic mass is 16.5. The Balaban J connectivity index is 2.15. The van der Waals surface area contributed by atoms with E-state index in [-0.39, 0.29) is 11.9 Å². The summed E-state index contributed by atoms with van der Waals surface area (Å²) in [6, 6.07) is 2.74. The van der Waals surface area contributed by atoms with E-state index in [1.807, 2.05) is 13.0 Å². The van der Waals surface area contributed by atoms with Gasteiger partial charge in [-0.15, -0.1) is 0 Å². The Hall–Kier alpha value is -2.44. The van der Waals surface area contributed by atoms with Crippen LogP contribution in [0.2, 0.25) is 0 Å². The molecule has 7 nitrogen and oxygen atoms in total. The van der Waals surface area contributed by atoms with Gasteiger partial charge in [0.1, 0.15) is 6.04 Å². The third-order valence-corrected chi connectivity index (χ3v) is 3.60. The molecule has 0 aliphatic carbocycles. The molecule has 0 bridgehead atoms. The van der Waals surface area contributed by atoms with Crippen molar-refractivity contribution < 1.29 is 19.1 Å². The van der Waals surface area contributed by atoms with Gasteiger partial charge in [-0.2, -0.15) is 0 Å². The number of nitrogens with one attached hydrogen (secondary N) is 2. The van der Waals surface area contributed by atoms with Gasteiger partial charge in [0, 0.05) is 24.8 Å². The smallest absolute Gasteiger partial charge is 0.324 e. The highest BCUT2D eigenvalue weighted by Gasteiger charge is 2.29. The first-order valence-corrected chi connectivity index (χ1v) is 7.06. The number of imide groups is 1. The molecule has 1 aliphatic heterocycles. The van der Waals surface area contributed by atoms with Crippen molar-refractivity contribution >= 4 is 17.6 Å². The first-order chi connectivity index (χ1) is 10.5. The van der Waals surface area contributed by atoms with Crippen LogP contribution >= 0.6 is 0 Å². The molecule has 0 unspecified atom stereocenters. The Bertz CT molecular complexity index is 588. The third kappa shape index (κ3) is 3.08. The summed E-state index contributed by atoms with van der Waals surface area (Å²) in [4.78, 5) is 25.1. The van der Waals surface area contributed by atoms with E-state index in [1.165, 1.54) is 4.90 Å². The largest absolute Gasteiger partial charge is 0.493 e. The van der Waals surface area contributed by atoms with E-state index in [0.717, 1.165) is 11.3 Å². The first kappa shape index (κ1) is 15.9. The van der Waals surface area contributed by atoms with Crippen molar-refractivity contribution in [2.75, 3.05) is 32.6 Å². The Kier molecular flexibility index (Phi) is 4.75. The average molecular weight is 307 g/mol. The van der Waals surface area contributed by atoms with Gasteiger partial charge in [0.25, 0.3) is 5.91 Å². The number of carbonyl (C=O) groups excluding carboxylic acids is 2. The van der Waals surface area contributed by atoms with Crippen LogP contribution in [0.4, 0.5) is 10.5 Å². The summed E-state index contributed by atoms with van der Waals surface area (Å²) < 4.78 is 10.5. The van der Waals surface area contributed by atoms with Gasteiger partial charge in [-0.05, 0) is 25.5 Å². The monoisotopic (exact) mass is 307 g/mol. The van der Waals surface area contributed by atoms with E-state index < -0.39 is 6.04 Å². The van der Waals surface area contributed by atoms with Crippen molar-refractivity contribution in [1.29, 1.82) is 0 Å². The molecule has 1 heterocycles. The van der Waals surface area contributed by atoms with Crippen LogP contribution in [0.3, 0.4) is 0 Å². The van der Waals surface area contributed by atoms with Gasteiger partial charge in [-0.3, -0.25) is 9.69 Å². The van der Waals surface area contributed by atoms with Crippen LogP contribution in [0.25, 0.3) is 0 Å². The Morgan fingerprint density at radius 3 is 2.50 bits per heavy atom. The lowest BCUT2D eigenvalue weighted by molar-refractivity contribution is -0.128. The molecule has 3 amide bonds. The molecule has 1 atom stereocenters. The van der Waals surface area contributed by atoms with Crippen molar-refractivity contribution in [3.8, 4) is 11.5 Å². The van der Waals surface area contributed by atoms with Crippen LogP contribution in [-0.2, 0) is 4.79 Å². The summed E-state index contributed by atoms with van der Waals surface area (Å²) in [6.07, 6.45) is 0. The van der Waals surface area contributed by atoms with E-state index in [0.29, 0.717) is 24.6 Å². The van der Waals surface area contributed by atoms with Gasteiger partial charge in [-0.1, -0.05) is 0 Å². The second-order valence-corrected chi connectivity index (χ2v) is 5.11. The van der Waals surface area contributed by atoms with Crippen LogP contribution < -0.4 is 20.1 Å². The Morgan fingerprint density at radius 2 is 1.95 bits per heavy atom. The van der Waals surface area contributed by atoms with Gasteiger partial charge in [0.05, 0.1) is 14.2 Å². The molecule has 2 N–H and O–H groups in total. The number of urea groups is 1. The molecule has 1 aromatic carbocycles. The van der Waals surface area contributed by atoms with Crippen molar-refractivity contribution in [2.24, 2.45) is 0 Å². The quantitative estimate of drug-likeness (QED) is 0.858. The van der Waals surface area contributed by atoms with Gasteiger partial charge >= 0.3 is 6.03 Å². The minimum atomic E-state index is -0.527. The number of carbonyl (C=O) groups is 2. The Labute approximate surface area is 129 Å². The van der Waals surface area contributed by atoms with Gasteiger partial charge < -0.3 is 20.1 Å². The summed E-state index contributed by atoms with van der Waals surface area (Å²) in [5.74, 6) is 0.946. The normalized spacial score (nSPS) is 15.3. The maximum atomic E-state index is 12.3. The maximum Gasteiger partial charge on any atom is 0.324 e. The topological polar surface area (TPSA) is 79.9 Å². The highest BCUT2D eigenvalue weighted by molar-refractivity contribution is 5.99. The standard InChI is InChI=1S/C15H21N3O4/c1-9-7-12(21-3)13(22-4)8-11(9)17-10(2)14(19)18-6-5-16-15(18)20/h7-8,10,17H,5-6H2,1-4H3,(H,16,20)/t10-/m1/s1. The van der Waals surface area contributed by atoms with Crippen LogP contribution in [0.5, 0.6) is 11.5 Å². The van der Waals surface area contributed by atoms with E-state index >= 15 is 0 Å². The number of nitrogens with zero attached hydrogens (tertiary/aromatic N) is 1. The van der Waals surface area contributed by atoms with Gasteiger partial charge in [0.2, 0.25) is 0 Å². The fourth-order valence-electron chi connectivity index (χ4n) is 2.35. The van der Waals surface area contributed by atoms with Crippen molar-refractivity contribution in [2.45, 2.75) is 19.9 Å². The molecule has 1 fully saturated rings. The number of amides is 3. The summed E-state index contributed by atoms with van der Waals surface area (Å²) >= 11 is 0. The second kappa shape index (κ2) is 6.55. The fraction of sp³-hybridized carbons (Fsp3) is 0.467. The maximum absolute atomic E-state index is 12.3. The molecule has 2 rings (SSSR count). The minimum absolute atomic E-state index is 0.260. The molecule has 22 heavy (non-hydrogen) atoms. The van der Waals surface area contributed by atoms with Gasteiger partial charge in [0.15, 0.2) is 11.5 Å². The number of anilines is 1. The third-order valence-electron chi connectivity index (χ3n) is 3.60. The molecule has 1 saturated heterocycles. The molecule has 0 saturated carbocycles. The van der Waals surface area contributed by atoms with Crippen LogP contribution in [-0.4, -0.2) is 50.2 Å². The lowest BCUT2D eigenvalue weighted by Crippen LogP contribution is -2.43. The molecule has 7 heteroatoms. The summed E-state index contributed by atoms with van der Waals surface area (Å²) in [7, 11) is 3.13. The zero-order valence-corrected chi connectivity index (χ0v) is 13.2. The fourth-order valence-corrected chi connectivity index (χ4v) is 2.35. The first-order valence-electron chi connectivity index (χ1n) is 7.06. The molecule has 1 aromatic rings. The number of benzene rings is 1. The average Bonchev–Trinajstić information content (AvgIpc) is 2.93. The number of methoxy groups -OCH3 is 2. The number of hydrogen-bond acceptors (Lipinski definition) is 5. The number of ether oxygens (including phenoxy) is 2. The highest BCUT2D eigenvalue weighted by Crippen LogP contribution is 2.33. The second-order valence-electron chi connectivity index (χ2n) is 5.11. The van der Waals surface area contributed by atoms with Crippen LogP contribution in [0.1, 0.15) is 12.5 Å². The minimum Gasteiger partial charge on any atom is -0.493 e. The number of aryl methyl sites for hydroxylation is 1. The van der Waals surface area contributed by atoms with E-state index in [9.17, 15) is 9.59 Å². The number of hydrogen-bond donors (Lipinski definition) is 2. The molecule has 0 radical (unpaired) electrons. The summed E-state index contributed by atoms with van der Waals surface area (Å²) in [6.45, 7) is 4.52. The van der Waals surface area contributed by atoms with E-state index in [2.05, 4.69) is 10.6 Å². The Morgan fingerprint density at radius 1 is 1.32 bits per heavy atom. The number of rotatable bonds is 5.